The van der Waals surface area contributed by atoms with E-state index >= 15 is 0 Å². The summed E-state index contributed by atoms with van der Waals surface area (Å²) in [6.45, 7) is 0.233. The van der Waals surface area contributed by atoms with Gasteiger partial charge in [-0.3, -0.25) is 4.79 Å². The van der Waals surface area contributed by atoms with E-state index in [0.717, 1.165) is 17.3 Å². The highest BCUT2D eigenvalue weighted by atomic mass is 79.9. The van der Waals surface area contributed by atoms with Crippen LogP contribution < -0.4 is 10.1 Å². The van der Waals surface area contributed by atoms with E-state index in [9.17, 15) is 9.90 Å². The molecular formula is C13H16BrNO3. The highest BCUT2D eigenvalue weighted by Gasteiger charge is 2.22. The number of amides is 1. The van der Waals surface area contributed by atoms with E-state index in [1.807, 2.05) is 12.1 Å². The lowest BCUT2D eigenvalue weighted by atomic mass is 10.2. The Hall–Kier alpha value is -1.07. The van der Waals surface area contributed by atoms with Gasteiger partial charge in [-0.15, -0.1) is 0 Å². The largest absolute Gasteiger partial charge is 0.491 e. The molecule has 0 aromatic heterocycles. The number of ether oxygens (including phenoxy) is 1. The third-order valence-electron chi connectivity index (χ3n) is 2.74. The van der Waals surface area contributed by atoms with Crippen molar-refractivity contribution in [1.82, 2.24) is 5.32 Å². The topological polar surface area (TPSA) is 58.6 Å². The summed E-state index contributed by atoms with van der Waals surface area (Å²) < 4.78 is 6.35. The van der Waals surface area contributed by atoms with E-state index in [2.05, 4.69) is 21.2 Å². The van der Waals surface area contributed by atoms with E-state index in [4.69, 9.17) is 4.74 Å². The van der Waals surface area contributed by atoms with Crippen molar-refractivity contribution >= 4 is 21.8 Å². The molecule has 2 rings (SSSR count). The lowest BCUT2D eigenvalue weighted by Gasteiger charge is -2.11. The maximum Gasteiger partial charge on any atom is 0.223 e. The molecule has 0 bridgehead atoms. The van der Waals surface area contributed by atoms with Gasteiger partial charge in [-0.2, -0.15) is 0 Å². The van der Waals surface area contributed by atoms with Crippen LogP contribution in [-0.2, 0) is 11.4 Å². The molecule has 1 aromatic carbocycles. The number of carbonyl (C=O) groups is 1. The summed E-state index contributed by atoms with van der Waals surface area (Å²) >= 11 is 3.37. The molecule has 0 saturated heterocycles. The number of benzene rings is 1. The molecule has 18 heavy (non-hydrogen) atoms. The molecule has 2 N–H and O–H groups in total. The molecule has 0 aliphatic heterocycles. The maximum atomic E-state index is 11.5. The van der Waals surface area contributed by atoms with Gasteiger partial charge in [0.25, 0.3) is 0 Å². The van der Waals surface area contributed by atoms with E-state index in [-0.39, 0.29) is 12.5 Å². The van der Waals surface area contributed by atoms with Crippen LogP contribution in [0.5, 0.6) is 5.75 Å². The standard InChI is InChI=1S/C13H16BrNO3/c14-11-3-1-2-9(8-16)13(11)18-7-6-12(17)15-10-4-5-10/h1-3,10,16H,4-8H2,(H,15,17). The third-order valence-corrected chi connectivity index (χ3v) is 3.36. The van der Waals surface area contributed by atoms with Gasteiger partial charge in [0, 0.05) is 11.6 Å². The zero-order valence-electron chi connectivity index (χ0n) is 9.99. The van der Waals surface area contributed by atoms with Gasteiger partial charge in [0.1, 0.15) is 5.75 Å². The molecule has 1 amide bonds. The minimum absolute atomic E-state index is 0.0232. The fourth-order valence-corrected chi connectivity index (χ4v) is 2.13. The van der Waals surface area contributed by atoms with Crippen molar-refractivity contribution in [3.8, 4) is 5.75 Å². The molecule has 0 radical (unpaired) electrons. The first-order valence-electron chi connectivity index (χ1n) is 6.01. The number of aliphatic hydroxyl groups is 1. The van der Waals surface area contributed by atoms with Crippen molar-refractivity contribution in [2.75, 3.05) is 6.61 Å². The monoisotopic (exact) mass is 313 g/mol. The highest BCUT2D eigenvalue weighted by molar-refractivity contribution is 9.10. The van der Waals surface area contributed by atoms with Crippen LogP contribution in [0.4, 0.5) is 0 Å². The van der Waals surface area contributed by atoms with Crippen molar-refractivity contribution in [1.29, 1.82) is 0 Å². The maximum absolute atomic E-state index is 11.5. The Morgan fingerprint density at radius 2 is 2.28 bits per heavy atom. The van der Waals surface area contributed by atoms with Crippen molar-refractivity contribution in [2.45, 2.75) is 31.9 Å². The second-order valence-corrected chi connectivity index (χ2v) is 5.18. The Balaban J connectivity index is 1.83. The van der Waals surface area contributed by atoms with Crippen LogP contribution in [0, 0.1) is 0 Å². The van der Waals surface area contributed by atoms with Crippen molar-refractivity contribution in [3.63, 3.8) is 0 Å². The minimum Gasteiger partial charge on any atom is -0.491 e. The zero-order chi connectivity index (χ0) is 13.0. The lowest BCUT2D eigenvalue weighted by Crippen LogP contribution is -2.26. The summed E-state index contributed by atoms with van der Waals surface area (Å²) in [6.07, 6.45) is 2.51. The molecule has 0 heterocycles. The molecule has 1 aliphatic carbocycles. The molecule has 1 fully saturated rings. The van der Waals surface area contributed by atoms with Gasteiger partial charge in [-0.1, -0.05) is 12.1 Å². The molecule has 0 spiro atoms. The van der Waals surface area contributed by atoms with Crippen molar-refractivity contribution < 1.29 is 14.6 Å². The van der Waals surface area contributed by atoms with Gasteiger partial charge in [-0.05, 0) is 34.8 Å². The van der Waals surface area contributed by atoms with Gasteiger partial charge in [-0.25, -0.2) is 0 Å². The normalized spacial score (nSPS) is 14.3. The van der Waals surface area contributed by atoms with E-state index in [1.165, 1.54) is 0 Å². The number of carbonyl (C=O) groups excluding carboxylic acids is 1. The van der Waals surface area contributed by atoms with Gasteiger partial charge < -0.3 is 15.2 Å². The van der Waals surface area contributed by atoms with Gasteiger partial charge >= 0.3 is 0 Å². The molecule has 1 aliphatic rings. The number of hydrogen-bond donors (Lipinski definition) is 2. The summed E-state index contributed by atoms with van der Waals surface area (Å²) in [5.41, 5.74) is 0.715. The number of para-hydroxylation sites is 1. The van der Waals surface area contributed by atoms with Crippen molar-refractivity contribution in [2.24, 2.45) is 0 Å². The van der Waals surface area contributed by atoms with Crippen LogP contribution >= 0.6 is 15.9 Å². The number of hydrogen-bond acceptors (Lipinski definition) is 3. The van der Waals surface area contributed by atoms with Gasteiger partial charge in [0.2, 0.25) is 5.91 Å². The van der Waals surface area contributed by atoms with E-state index in [1.54, 1.807) is 6.07 Å². The second kappa shape index (κ2) is 6.20. The SMILES string of the molecule is O=C(CCOc1c(Br)cccc1CO)NC1CC1. The number of halogens is 1. The van der Waals surface area contributed by atoms with Gasteiger partial charge in [0.05, 0.1) is 24.1 Å². The Kier molecular flexibility index (Phi) is 4.60. The Labute approximate surface area is 114 Å². The summed E-state index contributed by atoms with van der Waals surface area (Å²) in [6, 6.07) is 5.86. The third kappa shape index (κ3) is 3.71. The van der Waals surface area contributed by atoms with Crippen LogP contribution in [0.2, 0.25) is 0 Å². The van der Waals surface area contributed by atoms with Crippen LogP contribution in [0.3, 0.4) is 0 Å². The fraction of sp³-hybridized carbons (Fsp3) is 0.462. The van der Waals surface area contributed by atoms with E-state index < -0.39 is 0 Å². The molecule has 5 heteroatoms. The second-order valence-electron chi connectivity index (χ2n) is 4.33. The average Bonchev–Trinajstić information content (AvgIpc) is 3.15. The smallest absolute Gasteiger partial charge is 0.223 e. The summed E-state index contributed by atoms with van der Waals surface area (Å²) in [4.78, 5) is 11.5. The van der Waals surface area contributed by atoms with Crippen LogP contribution in [-0.4, -0.2) is 23.7 Å². The molecule has 98 valence electrons. The summed E-state index contributed by atoms with van der Waals surface area (Å²) in [7, 11) is 0. The van der Waals surface area contributed by atoms with Crippen LogP contribution in [0.15, 0.2) is 22.7 Å². The quantitative estimate of drug-likeness (QED) is 0.844. The Morgan fingerprint density at radius 1 is 1.50 bits per heavy atom. The Bertz CT molecular complexity index is 432. The summed E-state index contributed by atoms with van der Waals surface area (Å²) in [5, 5.41) is 12.1. The molecule has 1 saturated carbocycles. The predicted molar refractivity (Wildman–Crippen MR) is 71.3 cm³/mol. The molecule has 1 aromatic rings. The lowest BCUT2D eigenvalue weighted by molar-refractivity contribution is -0.121. The number of aliphatic hydroxyl groups excluding tert-OH is 1. The first-order valence-corrected chi connectivity index (χ1v) is 6.80. The predicted octanol–water partition coefficient (Wildman–Crippen LogP) is 1.99. The average molecular weight is 314 g/mol. The van der Waals surface area contributed by atoms with Crippen molar-refractivity contribution in [3.05, 3.63) is 28.2 Å². The van der Waals surface area contributed by atoms with Gasteiger partial charge in [0.15, 0.2) is 0 Å². The highest BCUT2D eigenvalue weighted by Crippen LogP contribution is 2.29. The van der Waals surface area contributed by atoms with Crippen LogP contribution in [0.25, 0.3) is 0 Å². The first-order chi connectivity index (χ1) is 8.70. The first kappa shape index (κ1) is 13.4. The molecule has 0 unspecified atom stereocenters. The Morgan fingerprint density at radius 3 is 2.94 bits per heavy atom. The fourth-order valence-electron chi connectivity index (χ4n) is 1.61. The molecule has 0 atom stereocenters. The molecule has 4 nitrogen and oxygen atoms in total. The van der Waals surface area contributed by atoms with E-state index in [0.29, 0.717) is 30.4 Å². The minimum atomic E-state index is -0.0803. The van der Waals surface area contributed by atoms with Crippen LogP contribution in [0.1, 0.15) is 24.8 Å². The number of rotatable bonds is 6. The number of nitrogens with one attached hydrogen (secondary N) is 1. The summed E-state index contributed by atoms with van der Waals surface area (Å²) in [5.74, 6) is 0.634. The zero-order valence-corrected chi connectivity index (χ0v) is 11.6. The molecular weight excluding hydrogens is 298 g/mol.